The average Bonchev–Trinajstić information content (AvgIpc) is 2.68. The molecule has 0 aromatic carbocycles. The molecule has 0 aliphatic heterocycles. The topological polar surface area (TPSA) is 83.8 Å². The van der Waals surface area contributed by atoms with Gasteiger partial charge in [0.15, 0.2) is 5.16 Å². The van der Waals surface area contributed by atoms with Gasteiger partial charge < -0.3 is 4.98 Å². The Hall–Kier alpha value is -1.01. The van der Waals surface area contributed by atoms with Crippen LogP contribution in [0, 0.1) is 0 Å². The first-order valence-corrected chi connectivity index (χ1v) is 5.32. The maximum absolute atomic E-state index is 11.3. The fourth-order valence-corrected chi connectivity index (χ4v) is 2.10. The average molecular weight is 214 g/mol. The Labute approximate surface area is 86.8 Å². The molecule has 0 spiro atoms. The van der Waals surface area contributed by atoms with Gasteiger partial charge in [-0.2, -0.15) is 0 Å². The zero-order chi connectivity index (χ0) is 10.4. The molecule has 1 aromatic rings. The highest BCUT2D eigenvalue weighted by atomic mass is 32.2. The van der Waals surface area contributed by atoms with E-state index in [2.05, 4.69) is 15.4 Å². The summed E-state index contributed by atoms with van der Waals surface area (Å²) in [6.07, 6.45) is 5.11. The fourth-order valence-electron chi connectivity index (χ4n) is 1.05. The highest BCUT2D eigenvalue weighted by molar-refractivity contribution is 8.00. The van der Waals surface area contributed by atoms with Crippen LogP contribution in [0.1, 0.15) is 19.8 Å². The number of nitrogens with zero attached hydrogens (tertiary/aromatic N) is 1. The third-order valence-electron chi connectivity index (χ3n) is 1.71. The van der Waals surface area contributed by atoms with Crippen LogP contribution >= 0.6 is 11.8 Å². The minimum Gasteiger partial charge on any atom is -0.340 e. The van der Waals surface area contributed by atoms with Gasteiger partial charge in [-0.05, 0) is 6.42 Å². The molecule has 5 nitrogen and oxygen atoms in total. The third kappa shape index (κ3) is 3.04. The summed E-state index contributed by atoms with van der Waals surface area (Å²) in [6, 6.07) is 0. The molecule has 4 N–H and O–H groups in total. The van der Waals surface area contributed by atoms with Crippen LogP contribution in [0.4, 0.5) is 0 Å². The van der Waals surface area contributed by atoms with E-state index in [1.54, 1.807) is 12.4 Å². The van der Waals surface area contributed by atoms with Gasteiger partial charge in [-0.1, -0.05) is 25.1 Å². The Bertz CT molecular complexity index is 275. The van der Waals surface area contributed by atoms with Crippen molar-refractivity contribution in [3.8, 4) is 0 Å². The second-order valence-corrected chi connectivity index (χ2v) is 3.99. The first-order valence-electron chi connectivity index (χ1n) is 4.44. The number of nitrogens with two attached hydrogens (primary N) is 1. The Balaban J connectivity index is 2.55. The van der Waals surface area contributed by atoms with E-state index in [1.165, 1.54) is 11.8 Å². The van der Waals surface area contributed by atoms with Gasteiger partial charge in [0.25, 0.3) is 0 Å². The molecule has 1 amide bonds. The van der Waals surface area contributed by atoms with Crippen LogP contribution < -0.4 is 11.3 Å². The second kappa shape index (κ2) is 5.66. The number of rotatable bonds is 5. The Morgan fingerprint density at radius 2 is 2.64 bits per heavy atom. The molecule has 0 aliphatic rings. The number of amides is 1. The van der Waals surface area contributed by atoms with Gasteiger partial charge in [0, 0.05) is 12.4 Å². The van der Waals surface area contributed by atoms with E-state index in [1.807, 2.05) is 6.92 Å². The Kier molecular flexibility index (Phi) is 4.48. The fraction of sp³-hybridized carbons (Fsp3) is 0.500. The molecule has 0 saturated carbocycles. The van der Waals surface area contributed by atoms with Crippen molar-refractivity contribution in [2.45, 2.75) is 30.2 Å². The Morgan fingerprint density at radius 3 is 3.14 bits per heavy atom. The molecule has 6 heteroatoms. The van der Waals surface area contributed by atoms with Gasteiger partial charge in [0.1, 0.15) is 0 Å². The van der Waals surface area contributed by atoms with Gasteiger partial charge in [0.2, 0.25) is 5.91 Å². The summed E-state index contributed by atoms with van der Waals surface area (Å²) >= 11 is 1.39. The highest BCUT2D eigenvalue weighted by Gasteiger charge is 2.18. The normalized spacial score (nSPS) is 12.4. The van der Waals surface area contributed by atoms with E-state index in [0.29, 0.717) is 0 Å². The van der Waals surface area contributed by atoms with Crippen molar-refractivity contribution in [3.05, 3.63) is 12.4 Å². The van der Waals surface area contributed by atoms with E-state index >= 15 is 0 Å². The molecule has 14 heavy (non-hydrogen) atoms. The molecule has 1 rings (SSSR count). The summed E-state index contributed by atoms with van der Waals surface area (Å²) < 4.78 is 0. The predicted octanol–water partition coefficient (Wildman–Crippen LogP) is 0.660. The van der Waals surface area contributed by atoms with Crippen molar-refractivity contribution in [3.63, 3.8) is 0 Å². The number of nitrogens with one attached hydrogen (secondary N) is 2. The smallest absolute Gasteiger partial charge is 0.247 e. The zero-order valence-electron chi connectivity index (χ0n) is 7.99. The van der Waals surface area contributed by atoms with Crippen LogP contribution in [-0.2, 0) is 4.79 Å². The number of carbonyl (C=O) groups is 1. The quantitative estimate of drug-likeness (QED) is 0.291. The van der Waals surface area contributed by atoms with Gasteiger partial charge >= 0.3 is 0 Å². The zero-order valence-corrected chi connectivity index (χ0v) is 8.80. The molecule has 78 valence electrons. The lowest BCUT2D eigenvalue weighted by molar-refractivity contribution is -0.120. The number of hydrogen-bond donors (Lipinski definition) is 3. The van der Waals surface area contributed by atoms with E-state index < -0.39 is 0 Å². The summed E-state index contributed by atoms with van der Waals surface area (Å²) in [5.74, 6) is 4.93. The first-order chi connectivity index (χ1) is 6.77. The number of H-pyrrole nitrogens is 1. The number of aromatic amines is 1. The lowest BCUT2D eigenvalue weighted by atomic mass is 10.2. The van der Waals surface area contributed by atoms with Crippen LogP contribution in [0.5, 0.6) is 0 Å². The van der Waals surface area contributed by atoms with Crippen molar-refractivity contribution in [1.29, 1.82) is 0 Å². The van der Waals surface area contributed by atoms with Crippen molar-refractivity contribution in [1.82, 2.24) is 15.4 Å². The molecule has 0 radical (unpaired) electrons. The van der Waals surface area contributed by atoms with Gasteiger partial charge in [-0.3, -0.25) is 10.2 Å². The summed E-state index contributed by atoms with van der Waals surface area (Å²) in [7, 11) is 0. The summed E-state index contributed by atoms with van der Waals surface area (Å²) in [5.41, 5.74) is 2.16. The number of aromatic nitrogens is 2. The number of hydrazine groups is 1. The monoisotopic (exact) mass is 214 g/mol. The van der Waals surface area contributed by atoms with E-state index in [9.17, 15) is 4.79 Å². The third-order valence-corrected chi connectivity index (χ3v) is 2.89. The molecule has 0 aliphatic carbocycles. The second-order valence-electron chi connectivity index (χ2n) is 2.80. The SMILES string of the molecule is CCCC(Sc1ncc[nH]1)C(=O)NN. The van der Waals surface area contributed by atoms with Gasteiger partial charge in [-0.25, -0.2) is 10.8 Å². The van der Waals surface area contributed by atoms with Crippen LogP contribution in [0.3, 0.4) is 0 Å². The summed E-state index contributed by atoms with van der Waals surface area (Å²) in [4.78, 5) is 18.3. The molecule has 0 saturated heterocycles. The summed E-state index contributed by atoms with van der Waals surface area (Å²) in [5, 5.41) is 0.572. The molecule has 1 aromatic heterocycles. The van der Waals surface area contributed by atoms with Crippen molar-refractivity contribution in [2.24, 2.45) is 5.84 Å². The van der Waals surface area contributed by atoms with Crippen LogP contribution in [0.15, 0.2) is 17.6 Å². The summed E-state index contributed by atoms with van der Waals surface area (Å²) in [6.45, 7) is 2.03. The van der Waals surface area contributed by atoms with Crippen molar-refractivity contribution in [2.75, 3.05) is 0 Å². The van der Waals surface area contributed by atoms with Crippen LogP contribution in [0.25, 0.3) is 0 Å². The maximum Gasteiger partial charge on any atom is 0.247 e. The molecular formula is C8H14N4OS. The molecule has 0 fully saturated rings. The molecular weight excluding hydrogens is 200 g/mol. The van der Waals surface area contributed by atoms with E-state index in [0.717, 1.165) is 18.0 Å². The lowest BCUT2D eigenvalue weighted by Crippen LogP contribution is -2.37. The number of imidazole rings is 1. The Morgan fingerprint density at radius 1 is 1.86 bits per heavy atom. The van der Waals surface area contributed by atoms with Crippen molar-refractivity contribution >= 4 is 17.7 Å². The van der Waals surface area contributed by atoms with Crippen molar-refractivity contribution < 1.29 is 4.79 Å². The van der Waals surface area contributed by atoms with Gasteiger partial charge in [0.05, 0.1) is 5.25 Å². The molecule has 1 atom stereocenters. The standard InChI is InChI=1S/C8H14N4OS/c1-2-3-6(7(13)12-9)14-8-10-4-5-11-8/h4-6H,2-3,9H2,1H3,(H,10,11)(H,12,13). The highest BCUT2D eigenvalue weighted by Crippen LogP contribution is 2.22. The van der Waals surface area contributed by atoms with Crippen LogP contribution in [-0.4, -0.2) is 21.1 Å². The largest absolute Gasteiger partial charge is 0.340 e. The molecule has 1 heterocycles. The van der Waals surface area contributed by atoms with E-state index in [-0.39, 0.29) is 11.2 Å². The van der Waals surface area contributed by atoms with Gasteiger partial charge in [-0.15, -0.1) is 0 Å². The lowest BCUT2D eigenvalue weighted by Gasteiger charge is -2.11. The number of thioether (sulfide) groups is 1. The minimum atomic E-state index is -0.170. The minimum absolute atomic E-state index is 0.159. The number of carbonyl (C=O) groups excluding carboxylic acids is 1. The molecule has 1 unspecified atom stereocenters. The van der Waals surface area contributed by atoms with Crippen LogP contribution in [0.2, 0.25) is 0 Å². The van der Waals surface area contributed by atoms with E-state index in [4.69, 9.17) is 5.84 Å². The first kappa shape index (κ1) is 11.1. The maximum atomic E-state index is 11.3. The predicted molar refractivity (Wildman–Crippen MR) is 55.5 cm³/mol. The number of hydrogen-bond acceptors (Lipinski definition) is 4. The molecule has 0 bridgehead atoms.